The molecule has 1 aromatic rings. The van der Waals surface area contributed by atoms with Gasteiger partial charge in [-0.2, -0.15) is 0 Å². The van der Waals surface area contributed by atoms with E-state index < -0.39 is 44.3 Å². The third-order valence-electron chi connectivity index (χ3n) is 1.98. The molecule has 0 amide bonds. The highest BCUT2D eigenvalue weighted by molar-refractivity contribution is 6.06. The van der Waals surface area contributed by atoms with Crippen LogP contribution in [0.15, 0.2) is 12.1 Å². The van der Waals surface area contributed by atoms with Crippen molar-refractivity contribution in [3.8, 4) is 0 Å². The summed E-state index contributed by atoms with van der Waals surface area (Å²) < 4.78 is 0. The number of hydrogen-bond donors (Lipinski definition) is 2. The first kappa shape index (κ1) is 13.0. The van der Waals surface area contributed by atoms with Crippen LogP contribution in [0.2, 0.25) is 0 Å². The van der Waals surface area contributed by atoms with Gasteiger partial charge in [-0.1, -0.05) is 0 Å². The Morgan fingerprint density at radius 1 is 1.00 bits per heavy atom. The van der Waals surface area contributed by atoms with Crippen LogP contribution in [0.5, 0.6) is 0 Å². The first-order valence-corrected chi connectivity index (χ1v) is 4.19. The largest absolute Gasteiger partial charge is 0.478 e. The molecule has 0 aliphatic carbocycles. The Labute approximate surface area is 97.4 Å². The van der Waals surface area contributed by atoms with Gasteiger partial charge in [0.25, 0.3) is 0 Å². The summed E-state index contributed by atoms with van der Waals surface area (Å²) in [5.74, 6) is -3.66. The molecule has 0 radical (unpaired) electrons. The van der Waals surface area contributed by atoms with Gasteiger partial charge in [0, 0.05) is 6.07 Å². The molecule has 10 heteroatoms. The molecule has 0 aliphatic heterocycles. The molecule has 0 heterocycles. The Morgan fingerprint density at radius 2 is 1.56 bits per heavy atom. The Bertz CT molecular complexity index is 528. The van der Waals surface area contributed by atoms with Gasteiger partial charge in [-0.25, -0.2) is 9.59 Å². The fourth-order valence-corrected chi connectivity index (χ4v) is 1.31. The number of nitrogens with zero attached hydrogens (tertiary/aromatic N) is 2. The van der Waals surface area contributed by atoms with Crippen LogP contribution in [0.25, 0.3) is 0 Å². The molecule has 0 bridgehead atoms. The zero-order chi connectivity index (χ0) is 14.0. The number of nitro benzene ring substituents is 2. The van der Waals surface area contributed by atoms with Crippen LogP contribution in [0.1, 0.15) is 20.7 Å². The van der Waals surface area contributed by atoms with Crippen LogP contribution in [-0.2, 0) is 0 Å². The van der Waals surface area contributed by atoms with E-state index in [1.807, 2.05) is 0 Å². The summed E-state index contributed by atoms with van der Waals surface area (Å²) in [5, 5.41) is 38.7. The van der Waals surface area contributed by atoms with Gasteiger partial charge in [0.15, 0.2) is 5.56 Å². The quantitative estimate of drug-likeness (QED) is 0.592. The van der Waals surface area contributed by atoms with E-state index >= 15 is 0 Å². The molecule has 0 spiro atoms. The molecule has 94 valence electrons. The number of carboxylic acids is 2. The number of hydrogen-bond acceptors (Lipinski definition) is 6. The van der Waals surface area contributed by atoms with E-state index in [-0.39, 0.29) is 0 Å². The van der Waals surface area contributed by atoms with E-state index in [9.17, 15) is 29.8 Å². The highest BCUT2D eigenvalue weighted by Gasteiger charge is 2.36. The van der Waals surface area contributed by atoms with Crippen LogP contribution < -0.4 is 0 Å². The summed E-state index contributed by atoms with van der Waals surface area (Å²) >= 11 is 0. The zero-order valence-corrected chi connectivity index (χ0v) is 8.39. The molecular formula is C8H4N2O8. The van der Waals surface area contributed by atoms with Gasteiger partial charge < -0.3 is 10.2 Å². The maximum absolute atomic E-state index is 10.8. The first-order valence-electron chi connectivity index (χ1n) is 4.19. The molecule has 0 saturated heterocycles. The summed E-state index contributed by atoms with van der Waals surface area (Å²) in [5.41, 5.74) is -4.55. The van der Waals surface area contributed by atoms with Crippen molar-refractivity contribution in [1.29, 1.82) is 0 Å². The van der Waals surface area contributed by atoms with Gasteiger partial charge in [-0.05, 0) is 6.07 Å². The third-order valence-corrected chi connectivity index (χ3v) is 1.98. The molecule has 0 unspecified atom stereocenters. The average Bonchev–Trinajstić information content (AvgIpc) is 2.26. The van der Waals surface area contributed by atoms with E-state index in [0.717, 1.165) is 0 Å². The molecule has 18 heavy (non-hydrogen) atoms. The molecule has 1 rings (SSSR count). The maximum Gasteiger partial charge on any atom is 0.361 e. The standard InChI is InChI=1S/C8H4N2O8/c11-7(12)3-1-2-4(9(15)16)6(10(17)18)5(3)8(13)14/h1-2H,(H,11,12)(H,13,14). The van der Waals surface area contributed by atoms with Crippen LogP contribution in [0.4, 0.5) is 11.4 Å². The molecule has 0 aromatic heterocycles. The molecular weight excluding hydrogens is 252 g/mol. The topological polar surface area (TPSA) is 161 Å². The fourth-order valence-electron chi connectivity index (χ4n) is 1.31. The number of rotatable bonds is 4. The summed E-state index contributed by atoms with van der Waals surface area (Å²) in [6.07, 6.45) is 0. The third kappa shape index (κ3) is 2.07. The summed E-state index contributed by atoms with van der Waals surface area (Å²) in [6.45, 7) is 0. The van der Waals surface area contributed by atoms with Crippen molar-refractivity contribution in [2.45, 2.75) is 0 Å². The minimum absolute atomic E-state index is 0.577. The lowest BCUT2D eigenvalue weighted by molar-refractivity contribution is -0.422. The highest BCUT2D eigenvalue weighted by atomic mass is 16.6. The predicted octanol–water partition coefficient (Wildman–Crippen LogP) is 0.899. The zero-order valence-electron chi connectivity index (χ0n) is 8.39. The number of carbonyl (C=O) groups is 2. The second-order valence-electron chi connectivity index (χ2n) is 2.98. The van der Waals surface area contributed by atoms with Crippen molar-refractivity contribution in [2.24, 2.45) is 0 Å². The number of benzene rings is 1. The fraction of sp³-hybridized carbons (Fsp3) is 0. The van der Waals surface area contributed by atoms with Gasteiger partial charge in [0.2, 0.25) is 0 Å². The van der Waals surface area contributed by atoms with Crippen molar-refractivity contribution in [3.05, 3.63) is 43.5 Å². The lowest BCUT2D eigenvalue weighted by atomic mass is 10.0. The van der Waals surface area contributed by atoms with Crippen molar-refractivity contribution in [2.75, 3.05) is 0 Å². The summed E-state index contributed by atoms with van der Waals surface area (Å²) in [7, 11) is 0. The molecule has 0 fully saturated rings. The summed E-state index contributed by atoms with van der Waals surface area (Å²) in [6, 6.07) is 1.21. The van der Waals surface area contributed by atoms with E-state index in [1.54, 1.807) is 0 Å². The van der Waals surface area contributed by atoms with Crippen LogP contribution in [0.3, 0.4) is 0 Å². The number of aromatic carboxylic acids is 2. The van der Waals surface area contributed by atoms with E-state index in [0.29, 0.717) is 12.1 Å². The molecule has 10 nitrogen and oxygen atoms in total. The van der Waals surface area contributed by atoms with Gasteiger partial charge in [-0.3, -0.25) is 20.2 Å². The minimum Gasteiger partial charge on any atom is -0.478 e. The maximum atomic E-state index is 10.8. The van der Waals surface area contributed by atoms with Crippen molar-refractivity contribution < 1.29 is 29.6 Å². The van der Waals surface area contributed by atoms with Gasteiger partial charge in [-0.15, -0.1) is 0 Å². The Hall–Kier alpha value is -3.04. The smallest absolute Gasteiger partial charge is 0.361 e. The molecule has 0 saturated carbocycles. The highest BCUT2D eigenvalue weighted by Crippen LogP contribution is 2.33. The van der Waals surface area contributed by atoms with Gasteiger partial charge >= 0.3 is 23.3 Å². The van der Waals surface area contributed by atoms with Crippen LogP contribution in [-0.4, -0.2) is 32.0 Å². The Balaban J connectivity index is 3.82. The molecule has 1 aromatic carbocycles. The summed E-state index contributed by atoms with van der Waals surface area (Å²) in [4.78, 5) is 40.3. The van der Waals surface area contributed by atoms with Crippen molar-refractivity contribution in [3.63, 3.8) is 0 Å². The van der Waals surface area contributed by atoms with E-state index in [4.69, 9.17) is 10.2 Å². The van der Waals surface area contributed by atoms with Gasteiger partial charge in [0.1, 0.15) is 0 Å². The molecule has 2 N–H and O–H groups in total. The second kappa shape index (κ2) is 4.45. The van der Waals surface area contributed by atoms with Crippen LogP contribution in [0, 0.1) is 20.2 Å². The van der Waals surface area contributed by atoms with E-state index in [1.165, 1.54) is 0 Å². The Morgan fingerprint density at radius 3 is 1.89 bits per heavy atom. The minimum atomic E-state index is -1.93. The first-order chi connectivity index (χ1) is 8.27. The normalized spacial score (nSPS) is 9.78. The van der Waals surface area contributed by atoms with Crippen molar-refractivity contribution >= 4 is 23.3 Å². The second-order valence-corrected chi connectivity index (χ2v) is 2.98. The SMILES string of the molecule is O=C(O)c1ccc([N+](=O)[O-])c([N+](=O)[O-])c1C(=O)O. The monoisotopic (exact) mass is 256 g/mol. The van der Waals surface area contributed by atoms with Crippen molar-refractivity contribution in [1.82, 2.24) is 0 Å². The molecule has 0 atom stereocenters. The van der Waals surface area contributed by atoms with E-state index in [2.05, 4.69) is 0 Å². The van der Waals surface area contributed by atoms with Crippen LogP contribution >= 0.6 is 0 Å². The molecule has 0 aliphatic rings. The lowest BCUT2D eigenvalue weighted by Gasteiger charge is -2.02. The number of nitro groups is 2. The predicted molar refractivity (Wildman–Crippen MR) is 53.7 cm³/mol. The number of carboxylic acid groups (broad SMARTS) is 2. The Kier molecular flexibility index (Phi) is 3.22. The lowest BCUT2D eigenvalue weighted by Crippen LogP contribution is -2.12. The average molecular weight is 256 g/mol. The van der Waals surface area contributed by atoms with Gasteiger partial charge in [0.05, 0.1) is 15.4 Å².